The average Bonchev–Trinajstić information content (AvgIpc) is 1.68. The average molecular weight is 135 g/mol. The van der Waals surface area contributed by atoms with E-state index in [2.05, 4.69) is 11.9 Å². The molecule has 0 bridgehead atoms. The van der Waals surface area contributed by atoms with Crippen LogP contribution >= 0.6 is 0 Å². The number of hydrogen-bond acceptors (Lipinski definition) is 4. The zero-order valence-corrected chi connectivity index (χ0v) is 4.31. The topological polar surface area (TPSA) is 107 Å². The smallest absolute Gasteiger partial charge is 0.414 e. The molecule has 52 valence electrons. The molecule has 0 rings (SSSR count). The number of aliphatic carboxylic acids is 2. The molecule has 0 atom stereocenters. The number of hydrogen-bond donors (Lipinski definition) is 3. The summed E-state index contributed by atoms with van der Waals surface area (Å²) in [5.74, 6) is -3.65. The molecular formula is C3H5NO5. The van der Waals surface area contributed by atoms with Crippen molar-refractivity contribution >= 4 is 18.7 Å². The van der Waals surface area contributed by atoms with E-state index in [0.717, 1.165) is 0 Å². The van der Waals surface area contributed by atoms with Crippen molar-refractivity contribution < 1.29 is 25.0 Å². The molecule has 0 unspecified atom stereocenters. The van der Waals surface area contributed by atoms with Gasteiger partial charge in [0, 0.05) is 6.72 Å². The van der Waals surface area contributed by atoms with Crippen molar-refractivity contribution in [2.45, 2.75) is 0 Å². The van der Waals surface area contributed by atoms with Crippen LogP contribution < -0.4 is 0 Å². The molecule has 0 aromatic heterocycles. The van der Waals surface area contributed by atoms with E-state index in [1.807, 2.05) is 0 Å². The van der Waals surface area contributed by atoms with Gasteiger partial charge in [0.25, 0.3) is 0 Å². The predicted molar refractivity (Wildman–Crippen MR) is 26.6 cm³/mol. The highest BCUT2D eigenvalue weighted by Gasteiger charge is 2.04. The molecule has 9 heavy (non-hydrogen) atoms. The van der Waals surface area contributed by atoms with E-state index in [4.69, 9.17) is 25.0 Å². The normalized spacial score (nSPS) is 6.22. The number of carbonyl (C=O) groups is 2. The molecule has 0 aromatic carbocycles. The van der Waals surface area contributed by atoms with Gasteiger partial charge in [0.2, 0.25) is 0 Å². The zero-order chi connectivity index (χ0) is 7.86. The molecule has 0 aromatic rings. The zero-order valence-electron chi connectivity index (χ0n) is 4.31. The highest BCUT2D eigenvalue weighted by molar-refractivity contribution is 6.27. The van der Waals surface area contributed by atoms with Gasteiger partial charge in [-0.25, -0.2) is 9.59 Å². The summed E-state index contributed by atoms with van der Waals surface area (Å²) in [6.45, 7) is 2.67. The van der Waals surface area contributed by atoms with Crippen LogP contribution in [0.15, 0.2) is 5.16 Å². The molecule has 3 N–H and O–H groups in total. The van der Waals surface area contributed by atoms with E-state index in [0.29, 0.717) is 0 Å². The molecular weight excluding hydrogens is 130 g/mol. The Balaban J connectivity index is 0. The Morgan fingerprint density at radius 1 is 1.22 bits per heavy atom. The van der Waals surface area contributed by atoms with Crippen molar-refractivity contribution in [3.63, 3.8) is 0 Å². The molecule has 0 fully saturated rings. The number of carboxylic acids is 2. The standard InChI is InChI=1S/C2H2O4.CH3NO/c3-1(4)2(5)6;1-2-3/h(H,3,4)(H,5,6);3H,1H2. The lowest BCUT2D eigenvalue weighted by atomic mass is 10.7. The fourth-order valence-electron chi connectivity index (χ4n) is 0. The van der Waals surface area contributed by atoms with Gasteiger partial charge in [-0.1, -0.05) is 0 Å². The molecule has 0 heterocycles. The van der Waals surface area contributed by atoms with Crippen LogP contribution in [-0.4, -0.2) is 34.1 Å². The van der Waals surface area contributed by atoms with Crippen molar-refractivity contribution in [3.05, 3.63) is 0 Å². The second-order valence-corrected chi connectivity index (χ2v) is 0.752. The summed E-state index contributed by atoms with van der Waals surface area (Å²) in [6.07, 6.45) is 0. The number of carboxylic acid groups (broad SMARTS) is 2. The van der Waals surface area contributed by atoms with E-state index >= 15 is 0 Å². The van der Waals surface area contributed by atoms with E-state index < -0.39 is 11.9 Å². The molecule has 0 aliphatic carbocycles. The molecule has 0 saturated carbocycles. The Morgan fingerprint density at radius 3 is 1.33 bits per heavy atom. The van der Waals surface area contributed by atoms with Crippen LogP contribution in [0.25, 0.3) is 0 Å². The lowest BCUT2D eigenvalue weighted by Crippen LogP contribution is -2.09. The minimum absolute atomic E-state index is 1.82. The maximum Gasteiger partial charge on any atom is 0.414 e. The summed E-state index contributed by atoms with van der Waals surface area (Å²) in [6, 6.07) is 0. The third kappa shape index (κ3) is 21.5. The minimum atomic E-state index is -1.82. The van der Waals surface area contributed by atoms with Crippen molar-refractivity contribution in [2.24, 2.45) is 5.16 Å². The molecule has 0 radical (unpaired) electrons. The summed E-state index contributed by atoms with van der Waals surface area (Å²) in [4.78, 5) is 18.2. The van der Waals surface area contributed by atoms with Crippen molar-refractivity contribution in [1.29, 1.82) is 0 Å². The van der Waals surface area contributed by atoms with Crippen molar-refractivity contribution in [3.8, 4) is 0 Å². The van der Waals surface area contributed by atoms with Crippen LogP contribution in [0.2, 0.25) is 0 Å². The molecule has 6 nitrogen and oxygen atoms in total. The Labute approximate surface area is 50.0 Å². The highest BCUT2D eigenvalue weighted by atomic mass is 16.4. The summed E-state index contributed by atoms with van der Waals surface area (Å²) in [5, 5.41) is 24.1. The Kier molecular flexibility index (Phi) is 7.41. The van der Waals surface area contributed by atoms with E-state index in [1.54, 1.807) is 0 Å². The summed E-state index contributed by atoms with van der Waals surface area (Å²) >= 11 is 0. The first-order valence-corrected chi connectivity index (χ1v) is 1.62. The predicted octanol–water partition coefficient (Wildman–Crippen LogP) is -0.768. The van der Waals surface area contributed by atoms with Gasteiger partial charge < -0.3 is 15.4 Å². The van der Waals surface area contributed by atoms with E-state index in [9.17, 15) is 0 Å². The van der Waals surface area contributed by atoms with E-state index in [1.165, 1.54) is 0 Å². The van der Waals surface area contributed by atoms with Gasteiger partial charge in [0.15, 0.2) is 0 Å². The first-order valence-electron chi connectivity index (χ1n) is 1.62. The fourth-order valence-corrected chi connectivity index (χ4v) is 0. The molecule has 0 aliphatic heterocycles. The Hall–Kier alpha value is -1.59. The van der Waals surface area contributed by atoms with Gasteiger partial charge in [-0.2, -0.15) is 0 Å². The van der Waals surface area contributed by atoms with Gasteiger partial charge in [0.1, 0.15) is 0 Å². The fraction of sp³-hybridized carbons (Fsp3) is 0. The van der Waals surface area contributed by atoms with Crippen LogP contribution in [-0.2, 0) is 9.59 Å². The van der Waals surface area contributed by atoms with Crippen LogP contribution in [0.5, 0.6) is 0 Å². The molecule has 0 saturated heterocycles. The number of rotatable bonds is 0. The summed E-state index contributed by atoms with van der Waals surface area (Å²) in [7, 11) is 0. The van der Waals surface area contributed by atoms with Gasteiger partial charge in [-0.15, -0.1) is 5.16 Å². The first-order chi connectivity index (χ1) is 4.06. The third-order valence-electron chi connectivity index (χ3n) is 0.183. The van der Waals surface area contributed by atoms with Gasteiger partial charge in [-0.05, 0) is 0 Å². The van der Waals surface area contributed by atoms with Crippen molar-refractivity contribution in [2.75, 3.05) is 0 Å². The van der Waals surface area contributed by atoms with E-state index in [-0.39, 0.29) is 0 Å². The lowest BCUT2D eigenvalue weighted by Gasteiger charge is -1.72. The second kappa shape index (κ2) is 6.41. The van der Waals surface area contributed by atoms with Gasteiger partial charge in [0.05, 0.1) is 0 Å². The Morgan fingerprint density at radius 2 is 1.33 bits per heavy atom. The SMILES string of the molecule is C=NO.O=C(O)C(=O)O. The maximum atomic E-state index is 9.10. The van der Waals surface area contributed by atoms with Crippen LogP contribution in [0, 0.1) is 0 Å². The number of nitrogens with zero attached hydrogens (tertiary/aromatic N) is 1. The van der Waals surface area contributed by atoms with Crippen molar-refractivity contribution in [1.82, 2.24) is 0 Å². The molecule has 0 amide bonds. The summed E-state index contributed by atoms with van der Waals surface area (Å²) < 4.78 is 0. The molecule has 6 heteroatoms. The van der Waals surface area contributed by atoms with Crippen LogP contribution in [0.4, 0.5) is 0 Å². The first kappa shape index (κ1) is 10.4. The quantitative estimate of drug-likeness (QED) is 0.175. The second-order valence-electron chi connectivity index (χ2n) is 0.752. The monoisotopic (exact) mass is 135 g/mol. The summed E-state index contributed by atoms with van der Waals surface area (Å²) in [5.41, 5.74) is 0. The molecule has 0 aliphatic rings. The van der Waals surface area contributed by atoms with Crippen LogP contribution in [0.1, 0.15) is 0 Å². The van der Waals surface area contributed by atoms with Gasteiger partial charge in [-0.3, -0.25) is 0 Å². The largest absolute Gasteiger partial charge is 0.473 e. The molecule has 0 spiro atoms. The maximum absolute atomic E-state index is 9.10. The van der Waals surface area contributed by atoms with Crippen LogP contribution in [0.3, 0.4) is 0 Å². The third-order valence-corrected chi connectivity index (χ3v) is 0.183. The minimum Gasteiger partial charge on any atom is -0.473 e. The lowest BCUT2D eigenvalue weighted by molar-refractivity contribution is -0.159. The Bertz CT molecular complexity index is 107. The number of oxime groups is 1. The van der Waals surface area contributed by atoms with Gasteiger partial charge >= 0.3 is 11.9 Å². The highest BCUT2D eigenvalue weighted by Crippen LogP contribution is 1.56.